The molecule has 0 bridgehead atoms. The standard InChI is InChI=1S/C13H15ClN4O3/c14-12-11(3-5-21-12)13(20)18-4-1-2-10(18)7-17-6-9(8-19)15-16-17/h3,5-6,10,19H,1-2,4,7-8H2/t10-/m0/s1. The number of hydrogen-bond donors (Lipinski definition) is 1. The number of amides is 1. The van der Waals surface area contributed by atoms with Crippen molar-refractivity contribution in [2.75, 3.05) is 6.54 Å². The van der Waals surface area contributed by atoms with Gasteiger partial charge in [-0.15, -0.1) is 5.10 Å². The highest BCUT2D eigenvalue weighted by Gasteiger charge is 2.31. The molecule has 0 spiro atoms. The molecule has 0 saturated carbocycles. The zero-order valence-corrected chi connectivity index (χ0v) is 12.0. The van der Waals surface area contributed by atoms with Crippen molar-refractivity contribution in [3.63, 3.8) is 0 Å². The summed E-state index contributed by atoms with van der Waals surface area (Å²) < 4.78 is 6.63. The third kappa shape index (κ3) is 2.79. The van der Waals surface area contributed by atoms with Crippen molar-refractivity contribution in [2.24, 2.45) is 0 Å². The molecule has 0 radical (unpaired) electrons. The lowest BCUT2D eigenvalue weighted by molar-refractivity contribution is 0.0720. The summed E-state index contributed by atoms with van der Waals surface area (Å²) in [5, 5.41) is 16.9. The van der Waals surface area contributed by atoms with Gasteiger partial charge in [-0.05, 0) is 30.5 Å². The van der Waals surface area contributed by atoms with Crippen LogP contribution >= 0.6 is 11.6 Å². The van der Waals surface area contributed by atoms with E-state index < -0.39 is 0 Å². The van der Waals surface area contributed by atoms with Gasteiger partial charge in [-0.2, -0.15) is 0 Å². The molecule has 1 atom stereocenters. The van der Waals surface area contributed by atoms with Gasteiger partial charge in [0.15, 0.2) is 0 Å². The molecular formula is C13H15ClN4O3. The predicted octanol–water partition coefficient (Wildman–Crippen LogP) is 1.32. The van der Waals surface area contributed by atoms with E-state index in [1.54, 1.807) is 21.8 Å². The van der Waals surface area contributed by atoms with Crippen LogP contribution in [0.5, 0.6) is 0 Å². The highest BCUT2D eigenvalue weighted by atomic mass is 35.5. The molecule has 1 N–H and O–H groups in total. The molecule has 1 amide bonds. The summed E-state index contributed by atoms with van der Waals surface area (Å²) in [5.41, 5.74) is 0.905. The highest BCUT2D eigenvalue weighted by molar-refractivity contribution is 6.32. The normalized spacial score (nSPS) is 18.4. The maximum absolute atomic E-state index is 12.5. The van der Waals surface area contributed by atoms with E-state index in [1.807, 2.05) is 0 Å². The Morgan fingerprint density at radius 3 is 3.10 bits per heavy atom. The maximum atomic E-state index is 12.5. The first-order valence-corrected chi connectivity index (χ1v) is 7.10. The molecule has 21 heavy (non-hydrogen) atoms. The van der Waals surface area contributed by atoms with Gasteiger partial charge in [0.2, 0.25) is 5.22 Å². The molecule has 0 aromatic carbocycles. The first-order chi connectivity index (χ1) is 10.2. The largest absolute Gasteiger partial charge is 0.452 e. The topological polar surface area (TPSA) is 84.4 Å². The Labute approximate surface area is 126 Å². The van der Waals surface area contributed by atoms with Crippen molar-refractivity contribution in [1.29, 1.82) is 0 Å². The Morgan fingerprint density at radius 2 is 2.43 bits per heavy atom. The molecule has 2 aromatic rings. The molecule has 2 aromatic heterocycles. The van der Waals surface area contributed by atoms with Crippen LogP contribution in [-0.4, -0.2) is 43.5 Å². The van der Waals surface area contributed by atoms with Crippen LogP contribution in [0.2, 0.25) is 5.22 Å². The fraction of sp³-hybridized carbons (Fsp3) is 0.462. The highest BCUT2D eigenvalue weighted by Crippen LogP contribution is 2.25. The van der Waals surface area contributed by atoms with Crippen molar-refractivity contribution < 1.29 is 14.3 Å². The number of halogens is 1. The molecule has 1 fully saturated rings. The minimum absolute atomic E-state index is 0.0386. The molecule has 8 heteroatoms. The summed E-state index contributed by atoms with van der Waals surface area (Å²) in [6, 6.07) is 1.62. The van der Waals surface area contributed by atoms with Crippen LogP contribution in [0.4, 0.5) is 0 Å². The van der Waals surface area contributed by atoms with E-state index in [-0.39, 0.29) is 23.8 Å². The van der Waals surface area contributed by atoms with Crippen LogP contribution in [-0.2, 0) is 13.2 Å². The number of carbonyl (C=O) groups is 1. The predicted molar refractivity (Wildman–Crippen MR) is 73.7 cm³/mol. The first kappa shape index (κ1) is 14.1. The van der Waals surface area contributed by atoms with Crippen LogP contribution in [0, 0.1) is 0 Å². The summed E-state index contributed by atoms with van der Waals surface area (Å²) >= 11 is 5.87. The average Bonchev–Trinajstić information content (AvgIpc) is 3.19. The van der Waals surface area contributed by atoms with E-state index in [0.29, 0.717) is 24.3 Å². The van der Waals surface area contributed by atoms with Crippen molar-refractivity contribution in [2.45, 2.75) is 32.0 Å². The molecule has 1 saturated heterocycles. The van der Waals surface area contributed by atoms with Gasteiger partial charge in [-0.25, -0.2) is 0 Å². The van der Waals surface area contributed by atoms with Crippen molar-refractivity contribution in [3.8, 4) is 0 Å². The molecule has 0 unspecified atom stereocenters. The monoisotopic (exact) mass is 310 g/mol. The number of carbonyl (C=O) groups excluding carboxylic acids is 1. The second kappa shape index (κ2) is 5.87. The number of furan rings is 1. The fourth-order valence-corrected chi connectivity index (χ4v) is 2.81. The van der Waals surface area contributed by atoms with Gasteiger partial charge in [0, 0.05) is 6.54 Å². The number of nitrogens with zero attached hydrogens (tertiary/aromatic N) is 4. The minimum Gasteiger partial charge on any atom is -0.452 e. The first-order valence-electron chi connectivity index (χ1n) is 6.73. The molecule has 3 rings (SSSR count). The number of rotatable bonds is 4. The van der Waals surface area contributed by atoms with Gasteiger partial charge >= 0.3 is 0 Å². The van der Waals surface area contributed by atoms with Crippen LogP contribution in [0.3, 0.4) is 0 Å². The SMILES string of the molecule is O=C(c1ccoc1Cl)N1CCC[C@H]1Cn1cc(CO)nn1. The van der Waals surface area contributed by atoms with E-state index in [1.165, 1.54) is 6.26 Å². The third-order valence-electron chi connectivity index (χ3n) is 3.63. The Hall–Kier alpha value is -1.86. The Morgan fingerprint density at radius 1 is 1.57 bits per heavy atom. The number of aliphatic hydroxyl groups is 1. The van der Waals surface area contributed by atoms with Crippen molar-refractivity contribution >= 4 is 17.5 Å². The third-order valence-corrected chi connectivity index (χ3v) is 3.92. The number of aliphatic hydroxyl groups excluding tert-OH is 1. The maximum Gasteiger partial charge on any atom is 0.259 e. The molecule has 7 nitrogen and oxygen atoms in total. The van der Waals surface area contributed by atoms with Gasteiger partial charge < -0.3 is 14.4 Å². The molecule has 1 aliphatic heterocycles. The molecular weight excluding hydrogens is 296 g/mol. The smallest absolute Gasteiger partial charge is 0.259 e. The van der Waals surface area contributed by atoms with E-state index >= 15 is 0 Å². The lowest BCUT2D eigenvalue weighted by Gasteiger charge is -2.24. The Bertz CT molecular complexity index is 639. The fourth-order valence-electron chi connectivity index (χ4n) is 2.61. The van der Waals surface area contributed by atoms with Crippen LogP contribution < -0.4 is 0 Å². The summed E-state index contributed by atoms with van der Waals surface area (Å²) in [7, 11) is 0. The second-order valence-electron chi connectivity index (χ2n) is 4.99. The van der Waals surface area contributed by atoms with E-state index in [9.17, 15) is 4.79 Å². The van der Waals surface area contributed by atoms with Gasteiger partial charge in [-0.3, -0.25) is 9.48 Å². The molecule has 112 valence electrons. The summed E-state index contributed by atoms with van der Waals surface area (Å²) in [5.74, 6) is -0.126. The molecule has 0 aliphatic carbocycles. The summed E-state index contributed by atoms with van der Waals surface area (Å²) in [6.07, 6.45) is 4.93. The van der Waals surface area contributed by atoms with E-state index in [4.69, 9.17) is 21.1 Å². The van der Waals surface area contributed by atoms with Gasteiger partial charge in [0.25, 0.3) is 5.91 Å². The average molecular weight is 311 g/mol. The van der Waals surface area contributed by atoms with Gasteiger partial charge in [-0.1, -0.05) is 5.21 Å². The molecule has 1 aliphatic rings. The summed E-state index contributed by atoms with van der Waals surface area (Å²) in [6.45, 7) is 1.10. The van der Waals surface area contributed by atoms with Crippen molar-refractivity contribution in [1.82, 2.24) is 19.9 Å². The van der Waals surface area contributed by atoms with E-state index in [0.717, 1.165) is 12.8 Å². The quantitative estimate of drug-likeness (QED) is 0.920. The number of aromatic nitrogens is 3. The lowest BCUT2D eigenvalue weighted by atomic mass is 10.2. The Balaban J connectivity index is 1.73. The Kier molecular flexibility index (Phi) is 3.94. The molecule has 3 heterocycles. The zero-order chi connectivity index (χ0) is 14.8. The van der Waals surface area contributed by atoms with E-state index in [2.05, 4.69) is 10.3 Å². The lowest BCUT2D eigenvalue weighted by Crippen LogP contribution is -2.38. The van der Waals surface area contributed by atoms with Crippen LogP contribution in [0.25, 0.3) is 0 Å². The van der Waals surface area contributed by atoms with Crippen LogP contribution in [0.15, 0.2) is 22.9 Å². The summed E-state index contributed by atoms with van der Waals surface area (Å²) in [4.78, 5) is 14.3. The number of hydrogen-bond acceptors (Lipinski definition) is 5. The van der Waals surface area contributed by atoms with Gasteiger partial charge in [0.1, 0.15) is 5.69 Å². The second-order valence-corrected chi connectivity index (χ2v) is 5.34. The minimum atomic E-state index is -0.141. The van der Waals surface area contributed by atoms with Crippen molar-refractivity contribution in [3.05, 3.63) is 35.0 Å². The van der Waals surface area contributed by atoms with Crippen LogP contribution in [0.1, 0.15) is 28.9 Å². The van der Waals surface area contributed by atoms with Gasteiger partial charge in [0.05, 0.1) is 37.2 Å². The zero-order valence-electron chi connectivity index (χ0n) is 11.3. The number of likely N-dealkylation sites (tertiary alicyclic amines) is 1.